The van der Waals surface area contributed by atoms with Crippen LogP contribution in [-0.2, 0) is 9.53 Å². The molecule has 1 N–H and O–H groups in total. The number of ether oxygens (including phenoxy) is 1. The molecule has 0 aromatic heterocycles. The van der Waals surface area contributed by atoms with Gasteiger partial charge in [-0.1, -0.05) is 44.2 Å². The van der Waals surface area contributed by atoms with Gasteiger partial charge in [0.25, 0.3) is 0 Å². The monoisotopic (exact) mass is 489 g/mol. The van der Waals surface area contributed by atoms with Crippen molar-refractivity contribution >= 4 is 17.3 Å². The molecule has 0 amide bonds. The zero-order chi connectivity index (χ0) is 25.5. The molecule has 190 valence electrons. The van der Waals surface area contributed by atoms with Crippen LogP contribution in [0, 0.1) is 12.3 Å². The van der Waals surface area contributed by atoms with Gasteiger partial charge in [-0.25, -0.2) is 9.18 Å². The quantitative estimate of drug-likeness (QED) is 0.577. The van der Waals surface area contributed by atoms with Crippen LogP contribution in [0.4, 0.5) is 15.8 Å². The summed E-state index contributed by atoms with van der Waals surface area (Å²) >= 11 is 0. The molecular formula is C30H36FN3O2. The number of piperazine rings is 1. The van der Waals surface area contributed by atoms with Gasteiger partial charge in [0, 0.05) is 49.7 Å². The number of allylic oxidation sites excluding steroid dienone is 2. The lowest BCUT2D eigenvalue weighted by atomic mass is 9.70. The molecule has 0 saturated carbocycles. The summed E-state index contributed by atoms with van der Waals surface area (Å²) in [5.41, 5.74) is 4.74. The first kappa shape index (κ1) is 24.4. The summed E-state index contributed by atoms with van der Waals surface area (Å²) in [5.74, 6) is -0.833. The van der Waals surface area contributed by atoms with Crippen molar-refractivity contribution in [2.45, 2.75) is 45.3 Å². The number of esters is 1. The fourth-order valence-electron chi connectivity index (χ4n) is 5.98. The number of aryl methyl sites for hydroxylation is 1. The van der Waals surface area contributed by atoms with Gasteiger partial charge in [-0.2, -0.15) is 0 Å². The van der Waals surface area contributed by atoms with Gasteiger partial charge in [0.15, 0.2) is 0 Å². The number of anilines is 2. The first-order valence-corrected chi connectivity index (χ1v) is 12.8. The van der Waals surface area contributed by atoms with Crippen molar-refractivity contribution in [2.24, 2.45) is 5.41 Å². The number of carbonyl (C=O) groups excluding carboxylic acids is 1. The number of carbonyl (C=O) groups is 1. The molecule has 2 aromatic carbocycles. The van der Waals surface area contributed by atoms with Crippen LogP contribution in [0.3, 0.4) is 0 Å². The summed E-state index contributed by atoms with van der Waals surface area (Å²) in [7, 11) is 1.23. The average molecular weight is 490 g/mol. The normalized spacial score (nSPS) is 25.3. The first-order valence-electron chi connectivity index (χ1n) is 12.8. The maximum atomic E-state index is 15.2. The van der Waals surface area contributed by atoms with E-state index in [4.69, 9.17) is 4.74 Å². The molecule has 2 unspecified atom stereocenters. The Bertz CT molecular complexity index is 1210. The minimum atomic E-state index is -2.08. The summed E-state index contributed by atoms with van der Waals surface area (Å²) in [6, 6.07) is 17.5. The summed E-state index contributed by atoms with van der Waals surface area (Å²) in [5, 5.41) is 3.67. The third-order valence-electron chi connectivity index (χ3n) is 7.95. The van der Waals surface area contributed by atoms with Gasteiger partial charge in [-0.15, -0.1) is 0 Å². The molecule has 3 aliphatic rings. The highest BCUT2D eigenvalue weighted by Gasteiger charge is 2.45. The predicted octanol–water partition coefficient (Wildman–Crippen LogP) is 5.48. The second kappa shape index (κ2) is 9.30. The Balaban J connectivity index is 1.32. The number of hydrogen-bond donors (Lipinski definition) is 1. The third kappa shape index (κ3) is 4.49. The summed E-state index contributed by atoms with van der Waals surface area (Å²) in [4.78, 5) is 17.0. The third-order valence-corrected chi connectivity index (χ3v) is 7.95. The van der Waals surface area contributed by atoms with E-state index in [-0.39, 0.29) is 17.9 Å². The molecule has 1 aliphatic carbocycles. The molecule has 1 saturated heterocycles. The van der Waals surface area contributed by atoms with E-state index >= 15 is 4.39 Å². The Labute approximate surface area is 213 Å². The predicted molar refractivity (Wildman–Crippen MR) is 143 cm³/mol. The highest BCUT2D eigenvalue weighted by molar-refractivity contribution is 5.83. The van der Waals surface area contributed by atoms with Gasteiger partial charge in [0.05, 0.1) is 13.2 Å². The first-order chi connectivity index (χ1) is 17.2. The van der Waals surface area contributed by atoms with Gasteiger partial charge in [-0.3, -0.25) is 0 Å². The highest BCUT2D eigenvalue weighted by atomic mass is 19.1. The highest BCUT2D eigenvalue weighted by Crippen LogP contribution is 2.48. The van der Waals surface area contributed by atoms with Crippen LogP contribution in [0.2, 0.25) is 0 Å². The number of hydrogen-bond acceptors (Lipinski definition) is 5. The van der Waals surface area contributed by atoms with Crippen LogP contribution in [0.15, 0.2) is 72.0 Å². The van der Waals surface area contributed by atoms with Gasteiger partial charge in [-0.05, 0) is 65.8 Å². The van der Waals surface area contributed by atoms with Crippen molar-refractivity contribution in [3.8, 4) is 0 Å². The van der Waals surface area contributed by atoms with Gasteiger partial charge in [0.1, 0.15) is 0 Å². The zero-order valence-corrected chi connectivity index (χ0v) is 21.7. The van der Waals surface area contributed by atoms with E-state index in [0.29, 0.717) is 6.42 Å². The van der Waals surface area contributed by atoms with Crippen molar-refractivity contribution in [1.82, 2.24) is 5.32 Å². The average Bonchev–Trinajstić information content (AvgIpc) is 2.87. The van der Waals surface area contributed by atoms with Crippen LogP contribution in [0.5, 0.6) is 0 Å². The van der Waals surface area contributed by atoms with Crippen LogP contribution in [-0.4, -0.2) is 44.9 Å². The van der Waals surface area contributed by atoms with Gasteiger partial charge in [0.2, 0.25) is 5.67 Å². The molecule has 36 heavy (non-hydrogen) atoms. The lowest BCUT2D eigenvalue weighted by molar-refractivity contribution is -0.151. The van der Waals surface area contributed by atoms with E-state index in [2.05, 4.69) is 84.4 Å². The summed E-state index contributed by atoms with van der Waals surface area (Å²) in [6.45, 7) is 10.5. The zero-order valence-electron chi connectivity index (χ0n) is 21.7. The van der Waals surface area contributed by atoms with E-state index in [1.165, 1.54) is 35.7 Å². The van der Waals surface area contributed by atoms with E-state index in [1.54, 1.807) is 6.08 Å². The Hall–Kier alpha value is -3.28. The Kier molecular flexibility index (Phi) is 6.31. The van der Waals surface area contributed by atoms with Crippen molar-refractivity contribution in [3.63, 3.8) is 0 Å². The van der Waals surface area contributed by atoms with Gasteiger partial charge >= 0.3 is 5.97 Å². The number of benzene rings is 2. The van der Waals surface area contributed by atoms with Crippen LogP contribution >= 0.6 is 0 Å². The molecule has 6 heteroatoms. The molecular weight excluding hydrogens is 453 g/mol. The molecule has 0 spiro atoms. The SMILES string of the molecule is COC(=O)C1(F)C=CC2=C(C1)CC(C)(C)C(c1cccc(N3CCN(c4ccccc4C)CC3)c1)N2. The lowest BCUT2D eigenvalue weighted by Crippen LogP contribution is -2.47. The van der Waals surface area contributed by atoms with E-state index in [0.717, 1.165) is 37.4 Å². The largest absolute Gasteiger partial charge is 0.466 e. The number of nitrogens with zero attached hydrogens (tertiary/aromatic N) is 2. The maximum Gasteiger partial charge on any atom is 0.348 e. The van der Waals surface area contributed by atoms with E-state index in [9.17, 15) is 4.79 Å². The molecule has 5 nitrogen and oxygen atoms in total. The molecule has 1 fully saturated rings. The van der Waals surface area contributed by atoms with Crippen molar-refractivity contribution in [2.75, 3.05) is 43.1 Å². The number of para-hydroxylation sites is 1. The van der Waals surface area contributed by atoms with Crippen molar-refractivity contribution in [3.05, 3.63) is 83.1 Å². The molecule has 2 aliphatic heterocycles. The minimum Gasteiger partial charge on any atom is -0.466 e. The summed E-state index contributed by atoms with van der Waals surface area (Å²) in [6.07, 6.45) is 3.81. The van der Waals surface area contributed by atoms with Crippen molar-refractivity contribution < 1.29 is 13.9 Å². The molecule has 5 rings (SSSR count). The molecule has 2 atom stereocenters. The standard InChI is InChI=1S/C30H36FN3O2/c1-21-8-5-6-11-26(21)34-16-14-33(15-17-34)24-10-7-9-22(18-24)27-29(2,3)19-23-20-30(31,28(35)36-4)13-12-25(23)32-27/h5-13,18,27,32H,14-17,19-20H2,1-4H3. The van der Waals surface area contributed by atoms with E-state index in [1.807, 2.05) is 0 Å². The second-order valence-corrected chi connectivity index (χ2v) is 11.0. The van der Waals surface area contributed by atoms with Crippen LogP contribution in [0.1, 0.15) is 43.9 Å². The molecule has 2 heterocycles. The fraction of sp³-hybridized carbons (Fsp3) is 0.433. The minimum absolute atomic E-state index is 0.0415. The molecule has 0 radical (unpaired) electrons. The Morgan fingerprint density at radius 3 is 2.47 bits per heavy atom. The van der Waals surface area contributed by atoms with E-state index < -0.39 is 11.6 Å². The number of methoxy groups -OCH3 is 1. The number of halogens is 1. The van der Waals surface area contributed by atoms with Crippen molar-refractivity contribution in [1.29, 1.82) is 0 Å². The molecule has 0 bridgehead atoms. The number of rotatable bonds is 4. The topological polar surface area (TPSA) is 44.8 Å². The maximum absolute atomic E-state index is 15.2. The number of nitrogens with one attached hydrogen (secondary N) is 1. The van der Waals surface area contributed by atoms with Crippen LogP contribution in [0.25, 0.3) is 0 Å². The fourth-order valence-corrected chi connectivity index (χ4v) is 5.98. The lowest BCUT2D eigenvalue weighted by Gasteiger charge is -2.44. The number of alkyl halides is 1. The van der Waals surface area contributed by atoms with Crippen LogP contribution < -0.4 is 15.1 Å². The Morgan fingerprint density at radius 2 is 1.75 bits per heavy atom. The molecule has 2 aromatic rings. The second-order valence-electron chi connectivity index (χ2n) is 11.0. The summed E-state index contributed by atoms with van der Waals surface area (Å²) < 4.78 is 19.9. The Morgan fingerprint density at radius 1 is 1.03 bits per heavy atom. The smallest absolute Gasteiger partial charge is 0.348 e. The van der Waals surface area contributed by atoms with Gasteiger partial charge < -0.3 is 19.9 Å².